The number of rotatable bonds is 4. The van der Waals surface area contributed by atoms with Crippen LogP contribution in [-0.4, -0.2) is 24.0 Å². The lowest BCUT2D eigenvalue weighted by atomic mass is 10.2. The van der Waals surface area contributed by atoms with Gasteiger partial charge in [0.1, 0.15) is 5.75 Å². The van der Waals surface area contributed by atoms with Crippen molar-refractivity contribution < 1.29 is 14.3 Å². The quantitative estimate of drug-likeness (QED) is 0.442. The normalized spacial score (nSPS) is 10.2. The topological polar surface area (TPSA) is 79.5 Å². The van der Waals surface area contributed by atoms with Gasteiger partial charge in [-0.25, -0.2) is 0 Å². The molecule has 0 aliphatic heterocycles. The zero-order valence-corrected chi connectivity index (χ0v) is 14.4. The maximum atomic E-state index is 11.8. The van der Waals surface area contributed by atoms with Gasteiger partial charge in [0.15, 0.2) is 5.11 Å². The van der Waals surface area contributed by atoms with E-state index >= 15 is 0 Å². The molecule has 0 unspecified atom stereocenters. The van der Waals surface area contributed by atoms with Crippen molar-refractivity contribution in [2.24, 2.45) is 0 Å². The monoisotopic (exact) mass is 361 g/mol. The summed E-state index contributed by atoms with van der Waals surface area (Å²) < 4.78 is 5.19. The lowest BCUT2D eigenvalue weighted by Crippen LogP contribution is -2.48. The maximum Gasteiger partial charge on any atom is 0.279 e. The van der Waals surface area contributed by atoms with Gasteiger partial charge in [0.2, 0.25) is 5.91 Å². The third kappa shape index (κ3) is 5.18. The highest BCUT2D eigenvalue weighted by atomic mass is 32.1. The SMILES string of the molecule is COc1ccccc1/C=C/C(=O)NC(=S)NNC(=O)c1cccs1. The zero-order chi connectivity index (χ0) is 17.4. The molecule has 0 radical (unpaired) electrons. The summed E-state index contributed by atoms with van der Waals surface area (Å²) in [5, 5.41) is 4.22. The molecule has 2 amide bonds. The second-order valence-corrected chi connectivity index (χ2v) is 5.81. The summed E-state index contributed by atoms with van der Waals surface area (Å²) in [5.74, 6) is -0.0968. The van der Waals surface area contributed by atoms with E-state index in [9.17, 15) is 9.59 Å². The standard InChI is InChI=1S/C16H15N3O3S2/c1-22-12-6-3-2-5-11(12)8-9-14(20)17-16(23)19-18-15(21)13-7-4-10-24-13/h2-10H,1H3,(H,18,21)(H2,17,19,20,23)/b9-8+. The number of hydrazine groups is 1. The Morgan fingerprint density at radius 3 is 2.67 bits per heavy atom. The van der Waals surface area contributed by atoms with Crippen molar-refractivity contribution in [2.75, 3.05) is 7.11 Å². The highest BCUT2D eigenvalue weighted by Crippen LogP contribution is 2.18. The van der Waals surface area contributed by atoms with Crippen LogP contribution in [0.5, 0.6) is 5.75 Å². The number of thiophene rings is 1. The second-order valence-electron chi connectivity index (χ2n) is 4.45. The van der Waals surface area contributed by atoms with Crippen LogP contribution in [0, 0.1) is 0 Å². The van der Waals surface area contributed by atoms with E-state index in [1.807, 2.05) is 18.2 Å². The fourth-order valence-corrected chi connectivity index (χ4v) is 2.51. The molecule has 1 heterocycles. The molecule has 0 atom stereocenters. The van der Waals surface area contributed by atoms with E-state index < -0.39 is 5.91 Å². The molecule has 0 aliphatic rings. The summed E-state index contributed by atoms with van der Waals surface area (Å²) in [6.07, 6.45) is 2.94. The van der Waals surface area contributed by atoms with E-state index in [4.69, 9.17) is 17.0 Å². The number of nitrogens with one attached hydrogen (secondary N) is 3. The minimum Gasteiger partial charge on any atom is -0.496 e. The van der Waals surface area contributed by atoms with Crippen molar-refractivity contribution in [3.63, 3.8) is 0 Å². The van der Waals surface area contributed by atoms with Crippen molar-refractivity contribution in [1.29, 1.82) is 0 Å². The Morgan fingerprint density at radius 1 is 1.17 bits per heavy atom. The molecule has 3 N–H and O–H groups in total. The Hall–Kier alpha value is -2.71. The Labute approximate surface area is 148 Å². The first-order chi connectivity index (χ1) is 11.6. The number of carbonyl (C=O) groups is 2. The van der Waals surface area contributed by atoms with Crippen LogP contribution >= 0.6 is 23.6 Å². The van der Waals surface area contributed by atoms with Gasteiger partial charge in [0.05, 0.1) is 12.0 Å². The number of thiocarbonyl (C=S) groups is 1. The first-order valence-corrected chi connectivity index (χ1v) is 8.15. The van der Waals surface area contributed by atoms with Gasteiger partial charge in [-0.2, -0.15) is 0 Å². The zero-order valence-electron chi connectivity index (χ0n) is 12.7. The van der Waals surface area contributed by atoms with E-state index in [0.29, 0.717) is 10.6 Å². The van der Waals surface area contributed by atoms with Gasteiger partial charge in [0.25, 0.3) is 5.91 Å². The molecule has 6 nitrogen and oxygen atoms in total. The molecular weight excluding hydrogens is 346 g/mol. The Bertz CT molecular complexity index is 758. The summed E-state index contributed by atoms with van der Waals surface area (Å²) in [4.78, 5) is 24.1. The van der Waals surface area contributed by atoms with Gasteiger partial charge in [0, 0.05) is 11.6 Å². The summed E-state index contributed by atoms with van der Waals surface area (Å²) >= 11 is 6.24. The second kappa shape index (κ2) is 8.80. The third-order valence-electron chi connectivity index (χ3n) is 2.82. The fraction of sp³-hybridized carbons (Fsp3) is 0.0625. The van der Waals surface area contributed by atoms with E-state index in [0.717, 1.165) is 5.56 Å². The van der Waals surface area contributed by atoms with Gasteiger partial charge in [-0.3, -0.25) is 25.8 Å². The molecule has 2 aromatic rings. The smallest absolute Gasteiger partial charge is 0.279 e. The van der Waals surface area contributed by atoms with E-state index in [-0.39, 0.29) is 11.0 Å². The van der Waals surface area contributed by atoms with Gasteiger partial charge < -0.3 is 4.74 Å². The minimum atomic E-state index is -0.427. The molecule has 8 heteroatoms. The third-order valence-corrected chi connectivity index (χ3v) is 3.90. The number of carbonyl (C=O) groups excluding carboxylic acids is 2. The first kappa shape index (κ1) is 17.6. The minimum absolute atomic E-state index is 0.00502. The van der Waals surface area contributed by atoms with Crippen LogP contribution in [0.1, 0.15) is 15.2 Å². The van der Waals surface area contributed by atoms with Crippen LogP contribution < -0.4 is 20.9 Å². The van der Waals surface area contributed by atoms with Crippen LogP contribution in [0.15, 0.2) is 47.9 Å². The lowest BCUT2D eigenvalue weighted by Gasteiger charge is -2.08. The lowest BCUT2D eigenvalue weighted by molar-refractivity contribution is -0.115. The van der Waals surface area contributed by atoms with Crippen molar-refractivity contribution >= 4 is 46.6 Å². The van der Waals surface area contributed by atoms with Crippen molar-refractivity contribution in [3.8, 4) is 5.75 Å². The highest BCUT2D eigenvalue weighted by Gasteiger charge is 2.07. The predicted octanol–water partition coefficient (Wildman–Crippen LogP) is 2.11. The predicted molar refractivity (Wildman–Crippen MR) is 97.7 cm³/mol. The summed E-state index contributed by atoms with van der Waals surface area (Å²) in [5.41, 5.74) is 5.64. The van der Waals surface area contributed by atoms with Gasteiger partial charge in [-0.05, 0) is 35.8 Å². The molecule has 0 bridgehead atoms. The number of methoxy groups -OCH3 is 1. The number of para-hydroxylation sites is 1. The Kier molecular flexibility index (Phi) is 6.47. The van der Waals surface area contributed by atoms with E-state index in [1.54, 1.807) is 36.8 Å². The molecule has 124 valence electrons. The van der Waals surface area contributed by atoms with Gasteiger partial charge >= 0.3 is 0 Å². The van der Waals surface area contributed by atoms with Gasteiger partial charge in [-0.15, -0.1) is 11.3 Å². The summed E-state index contributed by atoms with van der Waals surface area (Å²) in [6.45, 7) is 0. The molecule has 0 saturated carbocycles. The number of hydrogen-bond donors (Lipinski definition) is 3. The molecule has 24 heavy (non-hydrogen) atoms. The molecule has 0 spiro atoms. The Morgan fingerprint density at radius 2 is 1.96 bits per heavy atom. The van der Waals surface area contributed by atoms with Crippen LogP contribution in [0.2, 0.25) is 0 Å². The van der Waals surface area contributed by atoms with Crippen LogP contribution in [0.25, 0.3) is 6.08 Å². The molecule has 1 aromatic carbocycles. The first-order valence-electron chi connectivity index (χ1n) is 6.86. The molecule has 2 rings (SSSR count). The molecule has 0 aliphatic carbocycles. The number of benzene rings is 1. The number of hydrogen-bond acceptors (Lipinski definition) is 5. The van der Waals surface area contributed by atoms with Crippen molar-refractivity contribution in [2.45, 2.75) is 0 Å². The van der Waals surface area contributed by atoms with Crippen LogP contribution in [0.4, 0.5) is 0 Å². The molecule has 1 aromatic heterocycles. The summed E-state index contributed by atoms with van der Waals surface area (Å²) in [6, 6.07) is 10.7. The van der Waals surface area contributed by atoms with Crippen molar-refractivity contribution in [3.05, 3.63) is 58.3 Å². The van der Waals surface area contributed by atoms with Crippen LogP contribution in [0.3, 0.4) is 0 Å². The van der Waals surface area contributed by atoms with E-state index in [2.05, 4.69) is 16.2 Å². The molecular formula is C16H15N3O3S2. The van der Waals surface area contributed by atoms with E-state index in [1.165, 1.54) is 17.4 Å². The van der Waals surface area contributed by atoms with Crippen LogP contribution in [-0.2, 0) is 4.79 Å². The number of amides is 2. The maximum absolute atomic E-state index is 11.8. The molecule has 0 fully saturated rings. The number of ether oxygens (including phenoxy) is 1. The Balaban J connectivity index is 1.82. The van der Waals surface area contributed by atoms with Crippen molar-refractivity contribution in [1.82, 2.24) is 16.2 Å². The highest BCUT2D eigenvalue weighted by molar-refractivity contribution is 7.80. The summed E-state index contributed by atoms with van der Waals surface area (Å²) in [7, 11) is 1.56. The average Bonchev–Trinajstić information content (AvgIpc) is 3.12. The fourth-order valence-electron chi connectivity index (χ4n) is 1.74. The average molecular weight is 361 g/mol. The van der Waals surface area contributed by atoms with Gasteiger partial charge in [-0.1, -0.05) is 24.3 Å². The largest absolute Gasteiger partial charge is 0.496 e. The molecule has 0 saturated heterocycles.